The Morgan fingerprint density at radius 3 is 2.19 bits per heavy atom. The van der Waals surface area contributed by atoms with Crippen molar-refractivity contribution >= 4 is 20.0 Å². The van der Waals surface area contributed by atoms with E-state index in [1.54, 1.807) is 30.3 Å². The van der Waals surface area contributed by atoms with E-state index in [2.05, 4.69) is 9.44 Å². The lowest BCUT2D eigenvalue weighted by atomic mass is 9.96. The van der Waals surface area contributed by atoms with Crippen LogP contribution in [-0.2, 0) is 26.5 Å². The van der Waals surface area contributed by atoms with Crippen molar-refractivity contribution < 1.29 is 26.3 Å². The minimum absolute atomic E-state index is 0.00330. The van der Waals surface area contributed by atoms with E-state index in [1.807, 2.05) is 0 Å². The van der Waals surface area contributed by atoms with E-state index < -0.39 is 20.0 Å². The number of benzene rings is 2. The van der Waals surface area contributed by atoms with Gasteiger partial charge in [-0.05, 0) is 49.1 Å². The van der Waals surface area contributed by atoms with E-state index >= 15 is 0 Å². The van der Waals surface area contributed by atoms with Gasteiger partial charge in [-0.25, -0.2) is 26.3 Å². The molecule has 1 aliphatic carbocycles. The molecule has 1 aliphatic rings. The van der Waals surface area contributed by atoms with Crippen molar-refractivity contribution in [1.82, 2.24) is 9.44 Å². The number of ether oxygens (including phenoxy) is 2. The second-order valence-electron chi connectivity index (χ2n) is 7.76. The van der Waals surface area contributed by atoms with E-state index in [9.17, 15) is 16.8 Å². The van der Waals surface area contributed by atoms with Crippen LogP contribution in [0.5, 0.6) is 11.5 Å². The third-order valence-electron chi connectivity index (χ3n) is 5.53. The molecular formula is C22H30N2O6S2. The van der Waals surface area contributed by atoms with E-state index in [-0.39, 0.29) is 28.1 Å². The molecule has 0 bridgehead atoms. The topological polar surface area (TPSA) is 111 Å². The molecule has 2 N–H and O–H groups in total. The second-order valence-corrected chi connectivity index (χ2v) is 11.2. The summed E-state index contributed by atoms with van der Waals surface area (Å²) in [6, 6.07) is 11.1. The van der Waals surface area contributed by atoms with Gasteiger partial charge in [0.25, 0.3) is 0 Å². The minimum Gasteiger partial charge on any atom is -0.497 e. The first-order valence-electron chi connectivity index (χ1n) is 10.6. The molecule has 0 amide bonds. The molecule has 0 radical (unpaired) electrons. The van der Waals surface area contributed by atoms with Gasteiger partial charge in [0.05, 0.1) is 19.1 Å². The summed E-state index contributed by atoms with van der Waals surface area (Å²) in [5.41, 5.74) is 0.821. The Hall–Kier alpha value is -2.14. The zero-order valence-electron chi connectivity index (χ0n) is 18.3. The zero-order valence-corrected chi connectivity index (χ0v) is 20.0. The molecule has 10 heteroatoms. The van der Waals surface area contributed by atoms with Crippen LogP contribution < -0.4 is 18.9 Å². The summed E-state index contributed by atoms with van der Waals surface area (Å²) in [5, 5.41) is 0. The van der Waals surface area contributed by atoms with Crippen LogP contribution in [0.15, 0.2) is 52.3 Å². The fraction of sp³-hybridized carbons (Fsp3) is 0.455. The molecule has 3 rings (SSSR count). The van der Waals surface area contributed by atoms with Crippen LogP contribution >= 0.6 is 0 Å². The number of rotatable bonds is 10. The smallest absolute Gasteiger partial charge is 0.244 e. The molecule has 32 heavy (non-hydrogen) atoms. The SMILES string of the molecule is COc1ccc(OC)c(S(=O)(=O)NCCc2ccc(S(=O)(=O)NC3CCCCC3)cc2)c1. The van der Waals surface area contributed by atoms with E-state index in [0.29, 0.717) is 12.2 Å². The number of methoxy groups -OCH3 is 2. The normalized spacial score (nSPS) is 15.4. The first-order chi connectivity index (χ1) is 15.2. The molecule has 1 saturated carbocycles. The molecule has 8 nitrogen and oxygen atoms in total. The van der Waals surface area contributed by atoms with Crippen LogP contribution in [0.25, 0.3) is 0 Å². The third kappa shape index (κ3) is 6.22. The molecule has 0 unspecified atom stereocenters. The van der Waals surface area contributed by atoms with Crippen molar-refractivity contribution in [1.29, 1.82) is 0 Å². The van der Waals surface area contributed by atoms with Gasteiger partial charge in [0, 0.05) is 18.7 Å². The van der Waals surface area contributed by atoms with Gasteiger partial charge < -0.3 is 9.47 Å². The zero-order chi connectivity index (χ0) is 23.2. The first-order valence-corrected chi connectivity index (χ1v) is 13.5. The van der Waals surface area contributed by atoms with Gasteiger partial charge in [-0.1, -0.05) is 31.4 Å². The van der Waals surface area contributed by atoms with Crippen LogP contribution in [0.2, 0.25) is 0 Å². The standard InChI is InChI=1S/C22H30N2O6S2/c1-29-19-10-13-21(30-2)22(16-19)32(27,28)23-15-14-17-8-11-20(12-9-17)31(25,26)24-18-6-4-3-5-7-18/h8-13,16,18,23-24H,3-7,14-15H2,1-2H3. The Bertz CT molecular complexity index is 1110. The van der Waals surface area contributed by atoms with Gasteiger partial charge in [-0.2, -0.15) is 0 Å². The Labute approximate surface area is 190 Å². The van der Waals surface area contributed by atoms with Crippen LogP contribution in [0.1, 0.15) is 37.7 Å². The molecular weight excluding hydrogens is 452 g/mol. The Kier molecular flexibility index (Phi) is 8.16. The van der Waals surface area contributed by atoms with Crippen molar-refractivity contribution in [2.24, 2.45) is 0 Å². The molecule has 0 heterocycles. The lowest BCUT2D eigenvalue weighted by Gasteiger charge is -2.22. The highest BCUT2D eigenvalue weighted by molar-refractivity contribution is 7.89. The summed E-state index contributed by atoms with van der Waals surface area (Å²) >= 11 is 0. The molecule has 0 aromatic heterocycles. The van der Waals surface area contributed by atoms with E-state index in [0.717, 1.165) is 37.7 Å². The summed E-state index contributed by atoms with van der Waals surface area (Å²) < 4.78 is 66.2. The summed E-state index contributed by atoms with van der Waals surface area (Å²) in [4.78, 5) is 0.211. The molecule has 176 valence electrons. The first kappa shape index (κ1) is 24.5. The summed E-state index contributed by atoms with van der Waals surface area (Å²) in [6.07, 6.45) is 5.39. The Morgan fingerprint density at radius 2 is 1.56 bits per heavy atom. The molecule has 1 fully saturated rings. The van der Waals surface area contributed by atoms with Gasteiger partial charge in [0.2, 0.25) is 20.0 Å². The van der Waals surface area contributed by atoms with Crippen LogP contribution in [0.3, 0.4) is 0 Å². The fourth-order valence-corrected chi connectivity index (χ4v) is 6.26. The predicted octanol–water partition coefficient (Wildman–Crippen LogP) is 2.84. The van der Waals surface area contributed by atoms with E-state index in [4.69, 9.17) is 9.47 Å². The third-order valence-corrected chi connectivity index (χ3v) is 8.55. The molecule has 0 aliphatic heterocycles. The summed E-state index contributed by atoms with van der Waals surface area (Å²) in [6.45, 7) is 0.148. The van der Waals surface area contributed by atoms with Crippen molar-refractivity contribution in [2.75, 3.05) is 20.8 Å². The van der Waals surface area contributed by atoms with Crippen molar-refractivity contribution in [3.8, 4) is 11.5 Å². The molecule has 0 spiro atoms. The highest BCUT2D eigenvalue weighted by Gasteiger charge is 2.22. The molecule has 2 aromatic rings. The van der Waals surface area contributed by atoms with E-state index in [1.165, 1.54) is 26.4 Å². The van der Waals surface area contributed by atoms with Crippen molar-refractivity contribution in [3.63, 3.8) is 0 Å². The highest BCUT2D eigenvalue weighted by Crippen LogP contribution is 2.28. The second kappa shape index (κ2) is 10.7. The highest BCUT2D eigenvalue weighted by atomic mass is 32.2. The number of hydrogen-bond donors (Lipinski definition) is 2. The maximum atomic E-state index is 12.7. The minimum atomic E-state index is -3.81. The van der Waals surface area contributed by atoms with Gasteiger partial charge in [0.15, 0.2) is 0 Å². The largest absolute Gasteiger partial charge is 0.497 e. The molecule has 0 saturated heterocycles. The Balaban J connectivity index is 1.60. The maximum absolute atomic E-state index is 12.7. The quantitative estimate of drug-likeness (QED) is 0.539. The monoisotopic (exact) mass is 482 g/mol. The average Bonchev–Trinajstić information content (AvgIpc) is 2.79. The summed E-state index contributed by atoms with van der Waals surface area (Å²) in [5.74, 6) is 0.628. The van der Waals surface area contributed by atoms with Crippen molar-refractivity contribution in [3.05, 3.63) is 48.0 Å². The fourth-order valence-electron chi connectivity index (χ4n) is 3.74. The van der Waals surface area contributed by atoms with Gasteiger partial charge in [-0.15, -0.1) is 0 Å². The van der Waals surface area contributed by atoms with Gasteiger partial charge >= 0.3 is 0 Å². The predicted molar refractivity (Wildman–Crippen MR) is 122 cm³/mol. The molecule has 2 aromatic carbocycles. The maximum Gasteiger partial charge on any atom is 0.244 e. The number of hydrogen-bond acceptors (Lipinski definition) is 6. The van der Waals surface area contributed by atoms with Crippen molar-refractivity contribution in [2.45, 2.75) is 54.4 Å². The van der Waals surface area contributed by atoms with Gasteiger partial charge in [-0.3, -0.25) is 0 Å². The Morgan fingerprint density at radius 1 is 0.875 bits per heavy atom. The van der Waals surface area contributed by atoms with Gasteiger partial charge in [0.1, 0.15) is 16.4 Å². The number of sulfonamides is 2. The lowest BCUT2D eigenvalue weighted by Crippen LogP contribution is -2.36. The molecule has 0 atom stereocenters. The van der Waals surface area contributed by atoms with Crippen LogP contribution in [-0.4, -0.2) is 43.6 Å². The average molecular weight is 483 g/mol. The van der Waals surface area contributed by atoms with Crippen LogP contribution in [0, 0.1) is 0 Å². The number of nitrogens with one attached hydrogen (secondary N) is 2. The summed E-state index contributed by atoms with van der Waals surface area (Å²) in [7, 11) is -4.51. The van der Waals surface area contributed by atoms with Crippen LogP contribution in [0.4, 0.5) is 0 Å². The lowest BCUT2D eigenvalue weighted by molar-refractivity contribution is 0.392.